The van der Waals surface area contributed by atoms with Crippen molar-refractivity contribution in [1.29, 1.82) is 0 Å². The van der Waals surface area contributed by atoms with Crippen LogP contribution in [0, 0.1) is 5.92 Å². The van der Waals surface area contributed by atoms with Gasteiger partial charge in [-0.1, -0.05) is 13.8 Å². The molecule has 0 aliphatic heterocycles. The molecule has 19 heavy (non-hydrogen) atoms. The molecule has 0 spiro atoms. The third-order valence-corrected chi connectivity index (χ3v) is 4.12. The Morgan fingerprint density at radius 2 is 2.16 bits per heavy atom. The molecule has 1 amide bonds. The summed E-state index contributed by atoms with van der Waals surface area (Å²) in [4.78, 5) is 12.6. The van der Waals surface area contributed by atoms with Crippen LogP contribution in [0.2, 0.25) is 0 Å². The Morgan fingerprint density at radius 1 is 1.42 bits per heavy atom. The van der Waals surface area contributed by atoms with Gasteiger partial charge in [0, 0.05) is 16.9 Å². The highest BCUT2D eigenvalue weighted by atomic mass is 32.1. The quantitative estimate of drug-likeness (QED) is 0.751. The van der Waals surface area contributed by atoms with Crippen LogP contribution in [0.5, 0.6) is 0 Å². The standard InChI is InChI=1S/C14H18N2O2S/c1-8(2)11(17)7-16-14(18)13-6-9-5-10(15)3-4-12(9)19-13/h3-6,8,11,17H,7,15H2,1-2H3,(H,16,18). The van der Waals surface area contributed by atoms with Crippen molar-refractivity contribution >= 4 is 33.0 Å². The summed E-state index contributed by atoms with van der Waals surface area (Å²) in [5, 5.41) is 13.4. The minimum absolute atomic E-state index is 0.127. The van der Waals surface area contributed by atoms with Crippen molar-refractivity contribution in [1.82, 2.24) is 5.32 Å². The number of nitrogens with two attached hydrogens (primary N) is 1. The highest BCUT2D eigenvalue weighted by Gasteiger charge is 2.14. The van der Waals surface area contributed by atoms with Crippen LogP contribution in [0.1, 0.15) is 23.5 Å². The lowest BCUT2D eigenvalue weighted by Gasteiger charge is -2.14. The van der Waals surface area contributed by atoms with Crippen molar-refractivity contribution in [3.05, 3.63) is 29.1 Å². The average Bonchev–Trinajstić information content (AvgIpc) is 2.78. The van der Waals surface area contributed by atoms with Crippen molar-refractivity contribution in [2.24, 2.45) is 5.92 Å². The van der Waals surface area contributed by atoms with Crippen molar-refractivity contribution in [2.75, 3.05) is 12.3 Å². The van der Waals surface area contributed by atoms with E-state index in [1.165, 1.54) is 11.3 Å². The zero-order chi connectivity index (χ0) is 14.0. The van der Waals surface area contributed by atoms with E-state index in [0.29, 0.717) is 10.6 Å². The number of nitrogen functional groups attached to an aromatic ring is 1. The van der Waals surface area contributed by atoms with Crippen LogP contribution >= 0.6 is 11.3 Å². The SMILES string of the molecule is CC(C)C(O)CNC(=O)c1cc2cc(N)ccc2s1. The Morgan fingerprint density at radius 3 is 2.84 bits per heavy atom. The Kier molecular flexibility index (Phi) is 4.07. The van der Waals surface area contributed by atoms with E-state index in [0.717, 1.165) is 10.1 Å². The number of carbonyl (C=O) groups excluding carboxylic acids is 1. The first-order chi connectivity index (χ1) is 8.97. The van der Waals surface area contributed by atoms with E-state index < -0.39 is 6.10 Å². The number of fused-ring (bicyclic) bond motifs is 1. The molecule has 1 unspecified atom stereocenters. The second-order valence-electron chi connectivity index (χ2n) is 4.93. The smallest absolute Gasteiger partial charge is 0.261 e. The van der Waals surface area contributed by atoms with Gasteiger partial charge in [-0.2, -0.15) is 0 Å². The first kappa shape index (κ1) is 13.8. The average molecular weight is 278 g/mol. The fraction of sp³-hybridized carbons (Fsp3) is 0.357. The molecule has 0 bridgehead atoms. The third kappa shape index (κ3) is 3.24. The van der Waals surface area contributed by atoms with E-state index in [2.05, 4.69) is 5.32 Å². The number of anilines is 1. The molecule has 1 atom stereocenters. The largest absolute Gasteiger partial charge is 0.399 e. The molecule has 1 aromatic heterocycles. The monoisotopic (exact) mass is 278 g/mol. The second kappa shape index (κ2) is 5.59. The Bertz CT molecular complexity index is 592. The van der Waals surface area contributed by atoms with Gasteiger partial charge in [-0.05, 0) is 35.6 Å². The van der Waals surface area contributed by atoms with Gasteiger partial charge in [-0.25, -0.2) is 0 Å². The van der Waals surface area contributed by atoms with Crippen LogP contribution in [0.15, 0.2) is 24.3 Å². The van der Waals surface area contributed by atoms with Crippen LogP contribution in [0.4, 0.5) is 5.69 Å². The molecule has 0 aliphatic rings. The van der Waals surface area contributed by atoms with Gasteiger partial charge >= 0.3 is 0 Å². The Balaban J connectivity index is 2.09. The molecule has 0 saturated heterocycles. The van der Waals surface area contributed by atoms with Crippen LogP contribution in [-0.2, 0) is 0 Å². The van der Waals surface area contributed by atoms with Crippen molar-refractivity contribution in [3.63, 3.8) is 0 Å². The fourth-order valence-corrected chi connectivity index (χ4v) is 2.65. The molecule has 1 heterocycles. The first-order valence-corrected chi connectivity index (χ1v) is 7.04. The normalized spacial score (nSPS) is 12.8. The summed E-state index contributed by atoms with van der Waals surface area (Å²) in [6.07, 6.45) is -0.519. The summed E-state index contributed by atoms with van der Waals surface area (Å²) in [5.41, 5.74) is 6.40. The number of hydrogen-bond donors (Lipinski definition) is 3. The maximum Gasteiger partial charge on any atom is 0.261 e. The number of benzene rings is 1. The molecular weight excluding hydrogens is 260 g/mol. The van der Waals surface area contributed by atoms with Crippen molar-refractivity contribution < 1.29 is 9.90 Å². The van der Waals surface area contributed by atoms with E-state index in [1.54, 1.807) is 0 Å². The molecule has 2 aromatic rings. The number of amides is 1. The van der Waals surface area contributed by atoms with Gasteiger partial charge in [-0.15, -0.1) is 11.3 Å². The number of nitrogens with one attached hydrogen (secondary N) is 1. The summed E-state index contributed by atoms with van der Waals surface area (Å²) < 4.78 is 1.03. The predicted octanol–water partition coefficient (Wildman–Crippen LogP) is 2.23. The van der Waals surface area contributed by atoms with Gasteiger partial charge in [0.25, 0.3) is 5.91 Å². The molecule has 1 aromatic carbocycles. The van der Waals surface area contributed by atoms with Crippen LogP contribution < -0.4 is 11.1 Å². The van der Waals surface area contributed by atoms with E-state index >= 15 is 0 Å². The molecular formula is C14H18N2O2S. The zero-order valence-corrected chi connectivity index (χ0v) is 11.8. The number of hydrogen-bond acceptors (Lipinski definition) is 4. The maximum absolute atomic E-state index is 12.0. The van der Waals surface area contributed by atoms with Gasteiger partial charge in [0.05, 0.1) is 11.0 Å². The Hall–Kier alpha value is -1.59. The first-order valence-electron chi connectivity index (χ1n) is 6.22. The van der Waals surface area contributed by atoms with Gasteiger partial charge < -0.3 is 16.2 Å². The topological polar surface area (TPSA) is 75.3 Å². The maximum atomic E-state index is 12.0. The lowest BCUT2D eigenvalue weighted by atomic mass is 10.1. The fourth-order valence-electron chi connectivity index (χ4n) is 1.69. The third-order valence-electron chi connectivity index (χ3n) is 3.01. The molecule has 0 aliphatic carbocycles. The molecule has 0 radical (unpaired) electrons. The van der Waals surface area contributed by atoms with Crippen LogP contribution in [0.25, 0.3) is 10.1 Å². The number of aliphatic hydroxyl groups is 1. The van der Waals surface area contributed by atoms with Gasteiger partial charge in [-0.3, -0.25) is 4.79 Å². The molecule has 2 rings (SSSR count). The lowest BCUT2D eigenvalue weighted by molar-refractivity contribution is 0.0875. The van der Waals surface area contributed by atoms with E-state index in [4.69, 9.17) is 5.73 Å². The number of aliphatic hydroxyl groups excluding tert-OH is 1. The summed E-state index contributed by atoms with van der Waals surface area (Å²) in [6, 6.07) is 7.41. The predicted molar refractivity (Wildman–Crippen MR) is 79.4 cm³/mol. The Labute approximate surface area is 116 Å². The van der Waals surface area contributed by atoms with Crippen LogP contribution in [0.3, 0.4) is 0 Å². The van der Waals surface area contributed by atoms with Crippen LogP contribution in [-0.4, -0.2) is 23.7 Å². The summed E-state index contributed by atoms with van der Waals surface area (Å²) in [7, 11) is 0. The van der Waals surface area contributed by atoms with Gasteiger partial charge in [0.15, 0.2) is 0 Å². The van der Waals surface area contributed by atoms with Gasteiger partial charge in [0.2, 0.25) is 0 Å². The van der Waals surface area contributed by atoms with E-state index in [9.17, 15) is 9.90 Å². The summed E-state index contributed by atoms with van der Waals surface area (Å²) >= 11 is 1.42. The lowest BCUT2D eigenvalue weighted by Crippen LogP contribution is -2.34. The summed E-state index contributed by atoms with van der Waals surface area (Å²) in [6.45, 7) is 4.10. The number of thiophene rings is 1. The molecule has 4 N–H and O–H groups in total. The second-order valence-corrected chi connectivity index (χ2v) is 6.01. The molecule has 0 fully saturated rings. The minimum atomic E-state index is -0.519. The molecule has 5 heteroatoms. The van der Waals surface area contributed by atoms with Crippen molar-refractivity contribution in [2.45, 2.75) is 20.0 Å². The minimum Gasteiger partial charge on any atom is -0.399 e. The zero-order valence-electron chi connectivity index (χ0n) is 11.0. The van der Waals surface area contributed by atoms with Gasteiger partial charge in [0.1, 0.15) is 0 Å². The highest BCUT2D eigenvalue weighted by molar-refractivity contribution is 7.20. The highest BCUT2D eigenvalue weighted by Crippen LogP contribution is 2.27. The molecule has 0 saturated carbocycles. The van der Waals surface area contributed by atoms with Crippen molar-refractivity contribution in [3.8, 4) is 0 Å². The number of carbonyl (C=O) groups is 1. The summed E-state index contributed by atoms with van der Waals surface area (Å²) in [5.74, 6) is -0.0259. The molecule has 4 nitrogen and oxygen atoms in total. The number of rotatable bonds is 4. The van der Waals surface area contributed by atoms with E-state index in [1.807, 2.05) is 38.1 Å². The molecule has 102 valence electrons. The van der Waals surface area contributed by atoms with E-state index in [-0.39, 0.29) is 18.4 Å².